The smallest absolute Gasteiger partial charge is 0.171 e. The lowest BCUT2D eigenvalue weighted by molar-refractivity contribution is 0.318. The topological polar surface area (TPSA) is 9.23 Å². The molecule has 0 radical (unpaired) electrons. The van der Waals surface area contributed by atoms with Crippen molar-refractivity contribution in [3.63, 3.8) is 0 Å². The van der Waals surface area contributed by atoms with Crippen LogP contribution in [0.25, 0.3) is 0 Å². The lowest BCUT2D eigenvalue weighted by Crippen LogP contribution is -2.06. The Labute approximate surface area is 125 Å². The van der Waals surface area contributed by atoms with Crippen molar-refractivity contribution >= 4 is 32.0 Å². The minimum atomic E-state index is -0.933. The Morgan fingerprint density at radius 2 is 2.05 bits per heavy atom. The molecule has 102 valence electrons. The SMILES string of the molecule is Cc1sc(CO[SiH](C)C)cc1Cc1cccc(Cl)c1. The Bertz CT molecular complexity index is 551. The maximum Gasteiger partial charge on any atom is 0.171 e. The molecule has 19 heavy (non-hydrogen) atoms. The third-order valence-electron chi connectivity index (χ3n) is 2.91. The van der Waals surface area contributed by atoms with Gasteiger partial charge < -0.3 is 4.43 Å². The summed E-state index contributed by atoms with van der Waals surface area (Å²) >= 11 is 7.87. The van der Waals surface area contributed by atoms with Crippen LogP contribution in [0, 0.1) is 6.92 Å². The fourth-order valence-electron chi connectivity index (χ4n) is 1.95. The van der Waals surface area contributed by atoms with E-state index in [1.165, 1.54) is 20.9 Å². The molecule has 4 heteroatoms. The molecule has 0 fully saturated rings. The third kappa shape index (κ3) is 4.46. The van der Waals surface area contributed by atoms with Crippen molar-refractivity contribution < 1.29 is 4.43 Å². The molecule has 2 rings (SSSR count). The summed E-state index contributed by atoms with van der Waals surface area (Å²) in [7, 11) is -0.933. The van der Waals surface area contributed by atoms with Gasteiger partial charge in [-0.2, -0.15) is 0 Å². The Hall–Kier alpha value is -0.613. The van der Waals surface area contributed by atoms with Crippen LogP contribution in [0.1, 0.15) is 20.9 Å². The minimum Gasteiger partial charge on any atom is -0.415 e. The summed E-state index contributed by atoms with van der Waals surface area (Å²) in [6.07, 6.45) is 0.946. The molecule has 0 spiro atoms. The number of aryl methyl sites for hydroxylation is 1. The van der Waals surface area contributed by atoms with E-state index in [0.29, 0.717) is 0 Å². The summed E-state index contributed by atoms with van der Waals surface area (Å²) < 4.78 is 5.79. The minimum absolute atomic E-state index is 0.769. The molecular formula is C15H19ClOSSi. The van der Waals surface area contributed by atoms with E-state index in [9.17, 15) is 0 Å². The number of benzene rings is 1. The average Bonchev–Trinajstić information content (AvgIpc) is 2.68. The molecule has 0 saturated carbocycles. The first-order valence-electron chi connectivity index (χ1n) is 6.49. The van der Waals surface area contributed by atoms with Crippen LogP contribution in [0.5, 0.6) is 0 Å². The molecule has 0 bridgehead atoms. The first-order chi connectivity index (χ1) is 9.04. The van der Waals surface area contributed by atoms with Crippen molar-refractivity contribution in [1.82, 2.24) is 0 Å². The fourth-order valence-corrected chi connectivity index (χ4v) is 3.78. The van der Waals surface area contributed by atoms with Crippen LogP contribution in [0.4, 0.5) is 0 Å². The van der Waals surface area contributed by atoms with Gasteiger partial charge in [-0.3, -0.25) is 0 Å². The van der Waals surface area contributed by atoms with Crippen molar-refractivity contribution in [2.24, 2.45) is 0 Å². The van der Waals surface area contributed by atoms with Crippen LogP contribution < -0.4 is 0 Å². The van der Waals surface area contributed by atoms with E-state index in [2.05, 4.69) is 32.2 Å². The predicted octanol–water partition coefficient (Wildman–Crippen LogP) is 4.80. The van der Waals surface area contributed by atoms with E-state index >= 15 is 0 Å². The monoisotopic (exact) mass is 310 g/mol. The zero-order valence-electron chi connectivity index (χ0n) is 11.6. The zero-order chi connectivity index (χ0) is 13.8. The Balaban J connectivity index is 2.08. The second-order valence-corrected chi connectivity index (χ2v) is 9.17. The molecule has 0 N–H and O–H groups in total. The van der Waals surface area contributed by atoms with Crippen molar-refractivity contribution in [3.8, 4) is 0 Å². The first-order valence-corrected chi connectivity index (χ1v) is 10.5. The van der Waals surface area contributed by atoms with E-state index in [0.717, 1.165) is 18.1 Å². The Morgan fingerprint density at radius 1 is 1.26 bits per heavy atom. The van der Waals surface area contributed by atoms with E-state index in [1.54, 1.807) is 0 Å². The summed E-state index contributed by atoms with van der Waals surface area (Å²) in [5, 5.41) is 0.805. The Kier molecular flexibility index (Phi) is 5.22. The van der Waals surface area contributed by atoms with Crippen molar-refractivity contribution in [3.05, 3.63) is 56.2 Å². The highest BCUT2D eigenvalue weighted by Gasteiger charge is 2.07. The number of thiophene rings is 1. The van der Waals surface area contributed by atoms with Crippen LogP contribution in [0.3, 0.4) is 0 Å². The number of hydrogen-bond acceptors (Lipinski definition) is 2. The number of halogens is 1. The molecule has 2 aromatic rings. The van der Waals surface area contributed by atoms with Crippen molar-refractivity contribution in [2.45, 2.75) is 33.0 Å². The van der Waals surface area contributed by atoms with Crippen LogP contribution in [0.15, 0.2) is 30.3 Å². The van der Waals surface area contributed by atoms with Crippen LogP contribution in [-0.4, -0.2) is 9.04 Å². The van der Waals surface area contributed by atoms with Gasteiger partial charge >= 0.3 is 0 Å². The molecular weight excluding hydrogens is 292 g/mol. The maximum atomic E-state index is 6.03. The fraction of sp³-hybridized carbons (Fsp3) is 0.333. The highest BCUT2D eigenvalue weighted by Crippen LogP contribution is 2.25. The van der Waals surface area contributed by atoms with Gasteiger partial charge in [0.1, 0.15) is 0 Å². The second-order valence-electron chi connectivity index (χ2n) is 4.96. The lowest BCUT2D eigenvalue weighted by atomic mass is 10.1. The summed E-state index contributed by atoms with van der Waals surface area (Å²) in [5.74, 6) is 0. The molecule has 1 nitrogen and oxygen atoms in total. The van der Waals surface area contributed by atoms with E-state index in [4.69, 9.17) is 16.0 Å². The average molecular weight is 311 g/mol. The molecule has 0 aliphatic rings. The maximum absolute atomic E-state index is 6.03. The van der Waals surface area contributed by atoms with Gasteiger partial charge in [0.2, 0.25) is 0 Å². The number of rotatable bonds is 5. The lowest BCUT2D eigenvalue weighted by Gasteiger charge is -2.03. The summed E-state index contributed by atoms with van der Waals surface area (Å²) in [5.41, 5.74) is 2.65. The molecule has 0 aliphatic carbocycles. The first kappa shape index (κ1) is 14.8. The molecule has 0 aliphatic heterocycles. The van der Waals surface area contributed by atoms with Gasteiger partial charge in [0, 0.05) is 14.8 Å². The highest BCUT2D eigenvalue weighted by atomic mass is 35.5. The quantitative estimate of drug-likeness (QED) is 0.721. The molecule has 1 aromatic heterocycles. The molecule has 1 heterocycles. The summed E-state index contributed by atoms with van der Waals surface area (Å²) in [6.45, 7) is 7.35. The Morgan fingerprint density at radius 3 is 2.74 bits per heavy atom. The zero-order valence-corrected chi connectivity index (χ0v) is 14.3. The van der Waals surface area contributed by atoms with Crippen molar-refractivity contribution in [1.29, 1.82) is 0 Å². The molecule has 0 saturated heterocycles. The molecule has 0 unspecified atom stereocenters. The van der Waals surface area contributed by atoms with Gasteiger partial charge in [-0.15, -0.1) is 11.3 Å². The van der Waals surface area contributed by atoms with Crippen LogP contribution in [-0.2, 0) is 17.5 Å². The van der Waals surface area contributed by atoms with Crippen molar-refractivity contribution in [2.75, 3.05) is 0 Å². The highest BCUT2D eigenvalue weighted by molar-refractivity contribution is 7.12. The standard InChI is InChI=1S/C15H19ClOSSi/c1-11-13(7-12-5-4-6-14(16)8-12)9-15(18-11)10-17-19(2)3/h4-6,8-9,19H,7,10H2,1-3H3. The van der Waals surface area contributed by atoms with Gasteiger partial charge in [-0.1, -0.05) is 23.7 Å². The molecule has 0 atom stereocenters. The van der Waals surface area contributed by atoms with E-state index in [-0.39, 0.29) is 0 Å². The van der Waals surface area contributed by atoms with E-state index < -0.39 is 9.04 Å². The predicted molar refractivity (Wildman–Crippen MR) is 87.0 cm³/mol. The van der Waals surface area contributed by atoms with Gasteiger partial charge in [0.25, 0.3) is 0 Å². The van der Waals surface area contributed by atoms with Crippen LogP contribution in [0.2, 0.25) is 18.1 Å². The van der Waals surface area contributed by atoms with Gasteiger partial charge in [-0.25, -0.2) is 0 Å². The third-order valence-corrected chi connectivity index (χ3v) is 5.05. The van der Waals surface area contributed by atoms with Gasteiger partial charge in [0.05, 0.1) is 6.61 Å². The van der Waals surface area contributed by atoms with E-state index in [1.807, 2.05) is 29.5 Å². The summed E-state index contributed by atoms with van der Waals surface area (Å²) in [4.78, 5) is 2.71. The van der Waals surface area contributed by atoms with Gasteiger partial charge in [-0.05, 0) is 55.8 Å². The molecule has 0 amide bonds. The molecule has 1 aromatic carbocycles. The summed E-state index contributed by atoms with van der Waals surface area (Å²) in [6, 6.07) is 10.4. The van der Waals surface area contributed by atoms with Crippen LogP contribution >= 0.6 is 22.9 Å². The normalized spacial score (nSPS) is 11.2. The van der Waals surface area contributed by atoms with Gasteiger partial charge in [0.15, 0.2) is 9.04 Å². The number of hydrogen-bond donors (Lipinski definition) is 0. The second kappa shape index (κ2) is 6.71. The largest absolute Gasteiger partial charge is 0.415 e.